The summed E-state index contributed by atoms with van der Waals surface area (Å²) in [4.78, 5) is 14.9. The first-order chi connectivity index (χ1) is 8.51. The van der Waals surface area contributed by atoms with Crippen LogP contribution in [-0.4, -0.2) is 17.6 Å². The highest BCUT2D eigenvalue weighted by atomic mass is 35.5. The van der Waals surface area contributed by atoms with Gasteiger partial charge in [0.1, 0.15) is 5.69 Å². The second-order valence-electron chi connectivity index (χ2n) is 3.45. The zero-order chi connectivity index (χ0) is 13.7. The lowest BCUT2D eigenvalue weighted by Gasteiger charge is -2.12. The number of rotatable bonds is 5. The van der Waals surface area contributed by atoms with Gasteiger partial charge in [0, 0.05) is 12.7 Å². The van der Waals surface area contributed by atoms with E-state index in [1.165, 1.54) is 6.20 Å². The highest BCUT2D eigenvalue weighted by Gasteiger charge is 2.20. The Bertz CT molecular complexity index is 441. The predicted molar refractivity (Wildman–Crippen MR) is 62.4 cm³/mol. The Balaban J connectivity index is 3.07. The van der Waals surface area contributed by atoms with Crippen molar-refractivity contribution in [1.29, 1.82) is 0 Å². The summed E-state index contributed by atoms with van der Waals surface area (Å²) < 4.78 is 29.9. The number of hydrogen-bond donors (Lipinski definition) is 1. The molecule has 1 rings (SSSR count). The Hall–Kier alpha value is -1.27. The van der Waals surface area contributed by atoms with Gasteiger partial charge in [0.25, 0.3) is 6.43 Å². The molecule has 0 saturated carbocycles. The van der Waals surface area contributed by atoms with E-state index >= 15 is 0 Å². The van der Waals surface area contributed by atoms with Crippen LogP contribution in [0.15, 0.2) is 6.20 Å². The summed E-state index contributed by atoms with van der Waals surface area (Å²) in [6, 6.07) is 0. The number of hydrogen-bond acceptors (Lipinski definition) is 4. The molecule has 18 heavy (non-hydrogen) atoms. The molecule has 1 aromatic rings. The third-order valence-corrected chi connectivity index (χ3v) is 2.71. The third-order valence-electron chi connectivity index (χ3n) is 2.29. The van der Waals surface area contributed by atoms with E-state index in [-0.39, 0.29) is 24.6 Å². The highest BCUT2D eigenvalue weighted by molar-refractivity contribution is 6.32. The van der Waals surface area contributed by atoms with Crippen LogP contribution in [0.25, 0.3) is 0 Å². The van der Waals surface area contributed by atoms with Crippen molar-refractivity contribution < 1.29 is 18.3 Å². The molecule has 7 heteroatoms. The summed E-state index contributed by atoms with van der Waals surface area (Å²) in [6.45, 7) is 1.87. The number of ether oxygens (including phenoxy) is 1. The molecule has 0 fully saturated rings. The number of nitrogens with zero attached hydrogens (tertiary/aromatic N) is 1. The lowest BCUT2D eigenvalue weighted by Crippen LogP contribution is -2.13. The highest BCUT2D eigenvalue weighted by Crippen LogP contribution is 2.29. The molecule has 0 radical (unpaired) electrons. The predicted octanol–water partition coefficient (Wildman–Crippen LogP) is 2.24. The Labute approximate surface area is 108 Å². The van der Waals surface area contributed by atoms with Gasteiger partial charge in [0.05, 0.1) is 18.1 Å². The maximum atomic E-state index is 12.6. The minimum absolute atomic E-state index is 0.0458. The number of carbonyl (C=O) groups excluding carboxylic acids is 1. The first-order valence-corrected chi connectivity index (χ1v) is 5.69. The second-order valence-corrected chi connectivity index (χ2v) is 3.83. The molecular weight excluding hydrogens is 266 g/mol. The molecule has 2 N–H and O–H groups in total. The van der Waals surface area contributed by atoms with Crippen LogP contribution in [0.1, 0.15) is 30.2 Å². The molecule has 0 bridgehead atoms. The van der Waals surface area contributed by atoms with E-state index in [4.69, 9.17) is 22.1 Å². The number of nitrogens with two attached hydrogens (primary N) is 1. The van der Waals surface area contributed by atoms with Crippen molar-refractivity contribution in [1.82, 2.24) is 4.98 Å². The molecule has 0 aromatic carbocycles. The molecule has 0 atom stereocenters. The Morgan fingerprint density at radius 2 is 2.28 bits per heavy atom. The number of aromatic nitrogens is 1. The van der Waals surface area contributed by atoms with Gasteiger partial charge in [0.2, 0.25) is 0 Å². The Morgan fingerprint density at radius 1 is 1.61 bits per heavy atom. The molecule has 0 aliphatic heterocycles. The monoisotopic (exact) mass is 278 g/mol. The van der Waals surface area contributed by atoms with E-state index < -0.39 is 18.1 Å². The molecule has 0 spiro atoms. The SMILES string of the molecule is CCOC(=O)Cc1cnc(C(F)F)c(Cl)c1CN. The quantitative estimate of drug-likeness (QED) is 0.839. The van der Waals surface area contributed by atoms with E-state index in [9.17, 15) is 13.6 Å². The van der Waals surface area contributed by atoms with Gasteiger partial charge in [-0.05, 0) is 18.1 Å². The molecule has 4 nitrogen and oxygen atoms in total. The average molecular weight is 279 g/mol. The molecule has 0 amide bonds. The second kappa shape index (κ2) is 6.61. The van der Waals surface area contributed by atoms with Crippen molar-refractivity contribution in [2.75, 3.05) is 6.61 Å². The minimum atomic E-state index is -2.78. The maximum Gasteiger partial charge on any atom is 0.310 e. The Kier molecular flexibility index (Phi) is 5.43. The molecule has 100 valence electrons. The first-order valence-electron chi connectivity index (χ1n) is 5.31. The van der Waals surface area contributed by atoms with Crippen LogP contribution in [0.2, 0.25) is 5.02 Å². The fourth-order valence-electron chi connectivity index (χ4n) is 1.47. The molecule has 0 unspecified atom stereocenters. The molecule has 1 aromatic heterocycles. The number of halogens is 3. The zero-order valence-electron chi connectivity index (χ0n) is 9.75. The van der Waals surface area contributed by atoms with E-state index in [2.05, 4.69) is 4.98 Å². The Morgan fingerprint density at radius 3 is 2.78 bits per heavy atom. The van der Waals surface area contributed by atoms with E-state index in [1.807, 2.05) is 0 Å². The first kappa shape index (κ1) is 14.8. The normalized spacial score (nSPS) is 10.8. The van der Waals surface area contributed by atoms with Crippen molar-refractivity contribution in [2.24, 2.45) is 5.73 Å². The summed E-state index contributed by atoms with van der Waals surface area (Å²) in [6.07, 6.45) is -1.68. The van der Waals surface area contributed by atoms with E-state index in [0.717, 1.165) is 0 Å². The summed E-state index contributed by atoms with van der Waals surface area (Å²) in [5.74, 6) is -0.477. The fraction of sp³-hybridized carbons (Fsp3) is 0.455. The van der Waals surface area contributed by atoms with Gasteiger partial charge in [0.15, 0.2) is 0 Å². The van der Waals surface area contributed by atoms with Gasteiger partial charge in [-0.2, -0.15) is 0 Å². The van der Waals surface area contributed by atoms with Crippen molar-refractivity contribution in [3.8, 4) is 0 Å². The average Bonchev–Trinajstić information content (AvgIpc) is 2.29. The van der Waals surface area contributed by atoms with Gasteiger partial charge in [-0.1, -0.05) is 11.6 Å². The molecule has 0 aliphatic carbocycles. The molecule has 1 heterocycles. The van der Waals surface area contributed by atoms with Gasteiger partial charge in [-0.3, -0.25) is 9.78 Å². The van der Waals surface area contributed by atoms with Gasteiger partial charge in [-0.15, -0.1) is 0 Å². The van der Waals surface area contributed by atoms with Crippen LogP contribution in [0.3, 0.4) is 0 Å². The smallest absolute Gasteiger partial charge is 0.310 e. The van der Waals surface area contributed by atoms with Crippen LogP contribution >= 0.6 is 11.6 Å². The van der Waals surface area contributed by atoms with Crippen LogP contribution < -0.4 is 5.73 Å². The number of pyridine rings is 1. The topological polar surface area (TPSA) is 65.2 Å². The van der Waals surface area contributed by atoms with Crippen LogP contribution in [-0.2, 0) is 22.5 Å². The molecule has 0 aliphatic rings. The van der Waals surface area contributed by atoms with Gasteiger partial charge in [-0.25, -0.2) is 8.78 Å². The van der Waals surface area contributed by atoms with E-state index in [1.54, 1.807) is 6.92 Å². The van der Waals surface area contributed by atoms with Crippen molar-refractivity contribution in [3.05, 3.63) is 28.0 Å². The largest absolute Gasteiger partial charge is 0.466 e. The lowest BCUT2D eigenvalue weighted by atomic mass is 10.1. The standard InChI is InChI=1S/C11H13ClF2N2O2/c1-2-18-8(17)3-6-5-16-10(11(13)14)9(12)7(6)4-15/h5,11H,2-4,15H2,1H3. The van der Waals surface area contributed by atoms with Gasteiger partial charge < -0.3 is 10.5 Å². The van der Waals surface area contributed by atoms with E-state index in [0.29, 0.717) is 11.1 Å². The van der Waals surface area contributed by atoms with Crippen LogP contribution in [0, 0.1) is 0 Å². The number of carbonyl (C=O) groups is 1. The van der Waals surface area contributed by atoms with Gasteiger partial charge >= 0.3 is 5.97 Å². The third kappa shape index (κ3) is 3.36. The number of esters is 1. The maximum absolute atomic E-state index is 12.6. The minimum Gasteiger partial charge on any atom is -0.466 e. The molecular formula is C11H13ClF2N2O2. The van der Waals surface area contributed by atoms with Crippen molar-refractivity contribution in [3.63, 3.8) is 0 Å². The summed E-state index contributed by atoms with van der Waals surface area (Å²) in [5, 5.41) is -0.186. The summed E-state index contributed by atoms with van der Waals surface area (Å²) in [5.41, 5.74) is 5.65. The van der Waals surface area contributed by atoms with Crippen LogP contribution in [0.4, 0.5) is 8.78 Å². The van der Waals surface area contributed by atoms with Crippen molar-refractivity contribution in [2.45, 2.75) is 26.3 Å². The van der Waals surface area contributed by atoms with Crippen LogP contribution in [0.5, 0.6) is 0 Å². The summed E-state index contributed by atoms with van der Waals surface area (Å²) in [7, 11) is 0. The summed E-state index contributed by atoms with van der Waals surface area (Å²) >= 11 is 5.79. The zero-order valence-corrected chi connectivity index (χ0v) is 10.5. The lowest BCUT2D eigenvalue weighted by molar-refractivity contribution is -0.142. The van der Waals surface area contributed by atoms with Crippen molar-refractivity contribution >= 4 is 17.6 Å². The number of alkyl halides is 2. The molecule has 0 saturated heterocycles. The fourth-order valence-corrected chi connectivity index (χ4v) is 1.80.